The van der Waals surface area contributed by atoms with Crippen LogP contribution in [0.15, 0.2) is 46.5 Å². The van der Waals surface area contributed by atoms with Crippen LogP contribution < -0.4 is 29.9 Å². The molecule has 1 aliphatic heterocycles. The van der Waals surface area contributed by atoms with Gasteiger partial charge in [-0.1, -0.05) is 6.07 Å². The second-order valence-corrected chi connectivity index (χ2v) is 13.8. The first-order chi connectivity index (χ1) is 31.4. The van der Waals surface area contributed by atoms with Crippen LogP contribution in [0.1, 0.15) is 39.0 Å². The first-order valence-electron chi connectivity index (χ1n) is 19.3. The molecule has 2 heterocycles. The average Bonchev–Trinajstić information content (AvgIpc) is 3.77. The summed E-state index contributed by atoms with van der Waals surface area (Å²) < 4.78 is 57.1. The molecule has 66 heavy (non-hydrogen) atoms. The largest absolute Gasteiger partial charge is 0.488 e. The van der Waals surface area contributed by atoms with E-state index in [0.717, 1.165) is 27.7 Å². The standard InChI is InChI=1S/C41H44N4O20S/c1-23-6-7-31(44(15-36(50)61-19-57-24(2)46)16-37(51)62-20-58-25(3)47)34(10-23)55-8-9-56-35-12-28-11-29(13-30-40(54)43-41(66)42-30)65-33(28)14-32(35)45(17-38(52)63-21-59-26(4)48)18-39(53)64-22-60-27(5)49/h6-7,10-14H,8-9,15-22H2,1-5H3,(H2,42,43,54,66)/b30-13+. The zero-order chi connectivity index (χ0) is 48.3. The average molecular weight is 945 g/mol. The minimum Gasteiger partial charge on any atom is -0.488 e. The highest BCUT2D eigenvalue weighted by atomic mass is 32.1. The topological polar surface area (TPSA) is 290 Å². The summed E-state index contributed by atoms with van der Waals surface area (Å²) in [5, 5.41) is 5.66. The summed E-state index contributed by atoms with van der Waals surface area (Å²) in [6.45, 7) is 0.451. The van der Waals surface area contributed by atoms with E-state index in [1.54, 1.807) is 31.2 Å². The molecule has 1 saturated heterocycles. The van der Waals surface area contributed by atoms with Gasteiger partial charge in [-0.25, -0.2) is 0 Å². The van der Waals surface area contributed by atoms with Gasteiger partial charge in [0.05, 0.1) is 11.4 Å². The number of hydrogen-bond donors (Lipinski definition) is 2. The molecule has 2 aromatic carbocycles. The van der Waals surface area contributed by atoms with E-state index in [2.05, 4.69) is 20.1 Å². The summed E-state index contributed by atoms with van der Waals surface area (Å²) >= 11 is 5.01. The molecule has 1 aromatic heterocycles. The van der Waals surface area contributed by atoms with Gasteiger partial charge in [0.25, 0.3) is 5.91 Å². The molecule has 354 valence electrons. The minimum absolute atomic E-state index is 0.0433. The normalized spacial score (nSPS) is 12.2. The van der Waals surface area contributed by atoms with Crippen LogP contribution >= 0.6 is 12.2 Å². The van der Waals surface area contributed by atoms with Crippen LogP contribution in [-0.2, 0) is 81.0 Å². The third kappa shape index (κ3) is 17.0. The van der Waals surface area contributed by atoms with E-state index in [-0.39, 0.29) is 58.2 Å². The number of nitrogens with zero attached hydrogens (tertiary/aromatic N) is 2. The SMILES string of the molecule is CC(=O)OCOC(=O)CN(CC(=O)OCOC(C)=O)c1ccc(C)cc1OCCOc1cc2cc(/C=C3/NC(=S)NC3=O)oc2cc1N(CC(=O)OCOC(C)=O)CC(=O)OCOC(C)=O. The lowest BCUT2D eigenvalue weighted by molar-refractivity contribution is -0.167. The Balaban J connectivity index is 1.66. The van der Waals surface area contributed by atoms with E-state index >= 15 is 0 Å². The van der Waals surface area contributed by atoms with E-state index < -0.39 is 107 Å². The Morgan fingerprint density at radius 2 is 1.03 bits per heavy atom. The maximum atomic E-state index is 13.0. The zero-order valence-corrected chi connectivity index (χ0v) is 36.9. The fraction of sp³-hybridized carbons (Fsp3) is 0.366. The van der Waals surface area contributed by atoms with Crippen LogP contribution in [0.4, 0.5) is 11.4 Å². The number of benzene rings is 2. The van der Waals surface area contributed by atoms with Gasteiger partial charge in [0.15, 0.2) is 5.11 Å². The molecule has 4 rings (SSSR count). The first kappa shape index (κ1) is 50.7. The third-order valence-corrected chi connectivity index (χ3v) is 8.43. The second-order valence-electron chi connectivity index (χ2n) is 13.4. The number of hydrogen-bond acceptors (Lipinski definition) is 23. The summed E-state index contributed by atoms with van der Waals surface area (Å²) in [6.07, 6.45) is 1.39. The number of anilines is 2. The molecule has 0 atom stereocenters. The van der Waals surface area contributed by atoms with Gasteiger partial charge in [-0.15, -0.1) is 0 Å². The summed E-state index contributed by atoms with van der Waals surface area (Å²) in [6, 6.07) is 9.33. The van der Waals surface area contributed by atoms with Crippen molar-refractivity contribution < 1.29 is 94.9 Å². The van der Waals surface area contributed by atoms with Gasteiger partial charge in [0.2, 0.25) is 27.2 Å². The summed E-state index contributed by atoms with van der Waals surface area (Å²) in [5.74, 6) is -6.70. The molecule has 0 saturated carbocycles. The molecule has 1 aliphatic rings. The van der Waals surface area contributed by atoms with Crippen molar-refractivity contribution in [2.45, 2.75) is 34.6 Å². The molecule has 25 heteroatoms. The monoisotopic (exact) mass is 944 g/mol. The number of aryl methyl sites for hydroxylation is 1. The van der Waals surface area contributed by atoms with Crippen molar-refractivity contribution in [2.75, 3.05) is 76.4 Å². The zero-order valence-electron chi connectivity index (χ0n) is 36.1. The van der Waals surface area contributed by atoms with Crippen molar-refractivity contribution in [1.29, 1.82) is 0 Å². The summed E-state index contributed by atoms with van der Waals surface area (Å²) in [7, 11) is 0. The number of rotatable bonds is 24. The van der Waals surface area contributed by atoms with Crippen LogP contribution in [0.25, 0.3) is 17.0 Å². The van der Waals surface area contributed by atoms with Gasteiger partial charge >= 0.3 is 47.8 Å². The van der Waals surface area contributed by atoms with Crippen molar-refractivity contribution >= 4 is 99.4 Å². The molecule has 3 aromatic rings. The number of thiocarbonyl (C=S) groups is 1. The number of fused-ring (bicyclic) bond motifs is 1. The predicted molar refractivity (Wildman–Crippen MR) is 226 cm³/mol. The van der Waals surface area contributed by atoms with E-state index in [1.165, 1.54) is 28.0 Å². The van der Waals surface area contributed by atoms with Crippen LogP contribution in [0.3, 0.4) is 0 Å². The maximum Gasteiger partial charge on any atom is 0.328 e. The Hall–Kier alpha value is -7.96. The number of amides is 1. The van der Waals surface area contributed by atoms with E-state index in [4.69, 9.17) is 54.5 Å². The van der Waals surface area contributed by atoms with Crippen LogP contribution in [0, 0.1) is 6.92 Å². The molecule has 1 fully saturated rings. The Bertz CT molecular complexity index is 2310. The maximum absolute atomic E-state index is 13.0. The second kappa shape index (κ2) is 24.8. The fourth-order valence-electron chi connectivity index (χ4n) is 5.41. The number of furan rings is 1. The van der Waals surface area contributed by atoms with Gasteiger partial charge in [0, 0.05) is 45.2 Å². The molecule has 0 bridgehead atoms. The Morgan fingerprint density at radius 1 is 0.591 bits per heavy atom. The van der Waals surface area contributed by atoms with E-state index in [0.29, 0.717) is 10.9 Å². The van der Waals surface area contributed by atoms with Gasteiger partial charge < -0.3 is 66.9 Å². The molecule has 0 unspecified atom stereocenters. The van der Waals surface area contributed by atoms with Gasteiger partial charge in [-0.3, -0.25) is 48.5 Å². The van der Waals surface area contributed by atoms with Crippen LogP contribution in [0.2, 0.25) is 0 Å². The smallest absolute Gasteiger partial charge is 0.328 e. The Morgan fingerprint density at radius 3 is 1.45 bits per heavy atom. The molecule has 24 nitrogen and oxygen atoms in total. The van der Waals surface area contributed by atoms with Crippen LogP contribution in [0.5, 0.6) is 11.5 Å². The summed E-state index contributed by atoms with van der Waals surface area (Å²) in [4.78, 5) is 111. The lowest BCUT2D eigenvalue weighted by Gasteiger charge is -2.26. The highest BCUT2D eigenvalue weighted by molar-refractivity contribution is 7.80. The fourth-order valence-corrected chi connectivity index (χ4v) is 5.61. The van der Waals surface area contributed by atoms with Crippen molar-refractivity contribution in [3.8, 4) is 11.5 Å². The number of carbonyl (C=O) groups excluding carboxylic acids is 9. The number of esters is 8. The highest BCUT2D eigenvalue weighted by Crippen LogP contribution is 2.36. The predicted octanol–water partition coefficient (Wildman–Crippen LogP) is 1.41. The molecular weight excluding hydrogens is 901 g/mol. The lowest BCUT2D eigenvalue weighted by atomic mass is 10.2. The van der Waals surface area contributed by atoms with E-state index in [1.807, 2.05) is 0 Å². The van der Waals surface area contributed by atoms with Crippen molar-refractivity contribution in [1.82, 2.24) is 10.6 Å². The first-order valence-corrected chi connectivity index (χ1v) is 19.7. The highest BCUT2D eigenvalue weighted by Gasteiger charge is 2.26. The van der Waals surface area contributed by atoms with Gasteiger partial charge in [0.1, 0.15) is 67.9 Å². The third-order valence-electron chi connectivity index (χ3n) is 8.23. The number of ether oxygens (including phenoxy) is 10. The number of nitrogens with one attached hydrogen (secondary N) is 2. The van der Waals surface area contributed by atoms with Crippen molar-refractivity contribution in [3.63, 3.8) is 0 Å². The van der Waals surface area contributed by atoms with Crippen molar-refractivity contribution in [2.24, 2.45) is 0 Å². The molecule has 0 spiro atoms. The Kier molecular flexibility index (Phi) is 19.0. The molecule has 1 amide bonds. The van der Waals surface area contributed by atoms with Gasteiger partial charge in [-0.2, -0.15) is 0 Å². The Labute approximate surface area is 380 Å². The van der Waals surface area contributed by atoms with Crippen molar-refractivity contribution in [3.05, 3.63) is 53.4 Å². The molecular formula is C41H44N4O20S. The van der Waals surface area contributed by atoms with Gasteiger partial charge in [-0.05, 0) is 49.0 Å². The van der Waals surface area contributed by atoms with Crippen LogP contribution in [-0.4, -0.2) is 125 Å². The quantitative estimate of drug-likeness (QED) is 0.0320. The minimum atomic E-state index is -0.959. The number of carbonyl (C=O) groups is 9. The molecule has 0 aliphatic carbocycles. The van der Waals surface area contributed by atoms with E-state index in [9.17, 15) is 43.2 Å². The molecule has 0 radical (unpaired) electrons. The lowest BCUT2D eigenvalue weighted by Crippen LogP contribution is -2.37. The molecule has 2 N–H and O–H groups in total. The summed E-state index contributed by atoms with van der Waals surface area (Å²) in [5.41, 5.74) is 1.24.